The van der Waals surface area contributed by atoms with Gasteiger partial charge in [0.1, 0.15) is 0 Å². The maximum Gasteiger partial charge on any atom is 0.418 e. The molecule has 1 aromatic carbocycles. The van der Waals surface area contributed by atoms with Crippen molar-refractivity contribution in [3.05, 3.63) is 35.5 Å². The number of rotatable bonds is 2. The van der Waals surface area contributed by atoms with Gasteiger partial charge in [-0.05, 0) is 6.07 Å². The number of halogens is 3. The highest BCUT2D eigenvalue weighted by Crippen LogP contribution is 2.35. The van der Waals surface area contributed by atoms with Gasteiger partial charge < -0.3 is 4.98 Å². The molecular formula is C11H6F3NO2. The number of carbonyl (C=O) groups excluding carboxylic acids is 2. The third kappa shape index (κ3) is 1.82. The maximum atomic E-state index is 12.6. The number of Topliss-reactive ketones (excluding diaryl/α,β-unsaturated/α-hetero) is 1. The summed E-state index contributed by atoms with van der Waals surface area (Å²) in [7, 11) is 0. The highest BCUT2D eigenvalue weighted by atomic mass is 19.4. The summed E-state index contributed by atoms with van der Waals surface area (Å²) in [5, 5.41) is 0.0944. The fourth-order valence-electron chi connectivity index (χ4n) is 1.66. The summed E-state index contributed by atoms with van der Waals surface area (Å²) in [6, 6.07) is 3.46. The van der Waals surface area contributed by atoms with Gasteiger partial charge in [-0.25, -0.2) is 0 Å². The van der Waals surface area contributed by atoms with Gasteiger partial charge in [0.15, 0.2) is 6.29 Å². The zero-order valence-corrected chi connectivity index (χ0v) is 8.34. The van der Waals surface area contributed by atoms with Gasteiger partial charge in [0.25, 0.3) is 0 Å². The fraction of sp³-hybridized carbons (Fsp3) is 0.0909. The Hall–Kier alpha value is -2.11. The van der Waals surface area contributed by atoms with Gasteiger partial charge in [-0.1, -0.05) is 12.1 Å². The third-order valence-electron chi connectivity index (χ3n) is 2.39. The summed E-state index contributed by atoms with van der Waals surface area (Å²) in [5.41, 5.74) is -1.11. The van der Waals surface area contributed by atoms with Crippen molar-refractivity contribution in [1.82, 2.24) is 4.98 Å². The van der Waals surface area contributed by atoms with Crippen molar-refractivity contribution in [2.24, 2.45) is 0 Å². The van der Waals surface area contributed by atoms with E-state index in [-0.39, 0.29) is 22.8 Å². The van der Waals surface area contributed by atoms with Crippen LogP contribution in [0.3, 0.4) is 0 Å². The van der Waals surface area contributed by atoms with Crippen LogP contribution in [0.2, 0.25) is 0 Å². The van der Waals surface area contributed by atoms with Crippen molar-refractivity contribution < 1.29 is 22.8 Å². The standard InChI is InChI=1S/C11H6F3NO2/c12-11(13,14)8-3-1-2-6-7(9(17)5-16)4-15-10(6)8/h1-5,15H. The zero-order chi connectivity index (χ0) is 12.6. The molecule has 0 aliphatic carbocycles. The molecule has 0 atom stereocenters. The van der Waals surface area contributed by atoms with Crippen molar-refractivity contribution in [2.45, 2.75) is 6.18 Å². The second kappa shape index (κ2) is 3.73. The summed E-state index contributed by atoms with van der Waals surface area (Å²) in [4.78, 5) is 23.9. The molecule has 2 aromatic rings. The van der Waals surface area contributed by atoms with Crippen LogP contribution in [0, 0.1) is 0 Å². The molecule has 0 aliphatic heterocycles. The number of alkyl halides is 3. The highest BCUT2D eigenvalue weighted by Gasteiger charge is 2.33. The minimum Gasteiger partial charge on any atom is -0.360 e. The monoisotopic (exact) mass is 241 g/mol. The number of benzene rings is 1. The molecule has 88 valence electrons. The number of nitrogens with one attached hydrogen (secondary N) is 1. The molecule has 2 rings (SSSR count). The topological polar surface area (TPSA) is 49.9 Å². The number of fused-ring (bicyclic) bond motifs is 1. The average Bonchev–Trinajstić information content (AvgIpc) is 2.69. The maximum absolute atomic E-state index is 12.6. The molecule has 1 aromatic heterocycles. The number of para-hydroxylation sites is 1. The first-order valence-electron chi connectivity index (χ1n) is 4.62. The number of ketones is 1. The molecule has 0 unspecified atom stereocenters. The summed E-state index contributed by atoms with van der Waals surface area (Å²) >= 11 is 0. The molecule has 0 fully saturated rings. The first-order chi connectivity index (χ1) is 7.95. The van der Waals surface area contributed by atoms with Gasteiger partial charge in [0.05, 0.1) is 16.6 Å². The normalized spacial score (nSPS) is 11.7. The van der Waals surface area contributed by atoms with E-state index in [1.807, 2.05) is 0 Å². The van der Waals surface area contributed by atoms with Crippen LogP contribution in [0.4, 0.5) is 13.2 Å². The number of aromatic amines is 1. The highest BCUT2D eigenvalue weighted by molar-refractivity contribution is 6.36. The van der Waals surface area contributed by atoms with Gasteiger partial charge in [0, 0.05) is 11.6 Å². The van der Waals surface area contributed by atoms with Crippen LogP contribution < -0.4 is 0 Å². The Kier molecular flexibility index (Phi) is 2.49. The van der Waals surface area contributed by atoms with E-state index in [0.717, 1.165) is 12.3 Å². The number of carbonyl (C=O) groups is 2. The van der Waals surface area contributed by atoms with Crippen molar-refractivity contribution in [1.29, 1.82) is 0 Å². The lowest BCUT2D eigenvalue weighted by atomic mass is 10.1. The van der Waals surface area contributed by atoms with Crippen LogP contribution in [-0.2, 0) is 11.0 Å². The SMILES string of the molecule is O=CC(=O)c1c[nH]c2c(C(F)(F)F)cccc12. The Morgan fingerprint density at radius 2 is 2.00 bits per heavy atom. The van der Waals surface area contributed by atoms with Crippen LogP contribution in [0.1, 0.15) is 15.9 Å². The predicted molar refractivity (Wildman–Crippen MR) is 53.7 cm³/mol. The lowest BCUT2D eigenvalue weighted by molar-refractivity contribution is -0.136. The molecule has 6 heteroatoms. The number of aromatic nitrogens is 1. The summed E-state index contributed by atoms with van der Waals surface area (Å²) < 4.78 is 37.9. The van der Waals surface area contributed by atoms with E-state index >= 15 is 0 Å². The van der Waals surface area contributed by atoms with Gasteiger partial charge in [-0.3, -0.25) is 9.59 Å². The molecule has 0 saturated carbocycles. The van der Waals surface area contributed by atoms with E-state index in [4.69, 9.17) is 0 Å². The van der Waals surface area contributed by atoms with Gasteiger partial charge in [-0.2, -0.15) is 13.2 Å². The zero-order valence-electron chi connectivity index (χ0n) is 8.34. The largest absolute Gasteiger partial charge is 0.418 e. The van der Waals surface area contributed by atoms with Crippen molar-refractivity contribution in [2.75, 3.05) is 0 Å². The van der Waals surface area contributed by atoms with Crippen molar-refractivity contribution >= 4 is 23.0 Å². The molecule has 0 radical (unpaired) electrons. The molecule has 0 amide bonds. The van der Waals surface area contributed by atoms with Crippen LogP contribution in [-0.4, -0.2) is 17.1 Å². The smallest absolute Gasteiger partial charge is 0.360 e. The average molecular weight is 241 g/mol. The molecule has 3 nitrogen and oxygen atoms in total. The van der Waals surface area contributed by atoms with Crippen LogP contribution in [0.5, 0.6) is 0 Å². The van der Waals surface area contributed by atoms with E-state index < -0.39 is 17.5 Å². The van der Waals surface area contributed by atoms with Gasteiger partial charge in [-0.15, -0.1) is 0 Å². The Balaban J connectivity index is 2.73. The van der Waals surface area contributed by atoms with Crippen LogP contribution in [0.25, 0.3) is 10.9 Å². The van der Waals surface area contributed by atoms with E-state index in [1.54, 1.807) is 0 Å². The fourth-order valence-corrected chi connectivity index (χ4v) is 1.66. The van der Waals surface area contributed by atoms with E-state index in [1.165, 1.54) is 12.1 Å². The third-order valence-corrected chi connectivity index (χ3v) is 2.39. The quantitative estimate of drug-likeness (QED) is 0.499. The number of hydrogen-bond donors (Lipinski definition) is 1. The number of hydrogen-bond acceptors (Lipinski definition) is 2. The summed E-state index contributed by atoms with van der Waals surface area (Å²) in [5.74, 6) is -0.851. The molecule has 17 heavy (non-hydrogen) atoms. The van der Waals surface area contributed by atoms with Crippen molar-refractivity contribution in [3.8, 4) is 0 Å². The Labute approximate surface area is 93.2 Å². The second-order valence-electron chi connectivity index (χ2n) is 3.41. The Morgan fingerprint density at radius 3 is 2.59 bits per heavy atom. The van der Waals surface area contributed by atoms with Crippen LogP contribution in [0.15, 0.2) is 24.4 Å². The molecule has 1 heterocycles. The first kappa shape index (κ1) is 11.4. The number of H-pyrrole nitrogens is 1. The van der Waals surface area contributed by atoms with Crippen molar-refractivity contribution in [3.63, 3.8) is 0 Å². The molecule has 0 aliphatic rings. The first-order valence-corrected chi connectivity index (χ1v) is 4.62. The minimum absolute atomic E-state index is 0.0545. The van der Waals surface area contributed by atoms with Gasteiger partial charge in [0.2, 0.25) is 5.78 Å². The van der Waals surface area contributed by atoms with Crippen LogP contribution >= 0.6 is 0 Å². The molecule has 0 bridgehead atoms. The van der Waals surface area contributed by atoms with Gasteiger partial charge >= 0.3 is 6.18 Å². The molecule has 0 spiro atoms. The summed E-state index contributed by atoms with van der Waals surface area (Å²) in [6.07, 6.45) is -3.33. The van der Waals surface area contributed by atoms with E-state index in [0.29, 0.717) is 0 Å². The molecule has 0 saturated heterocycles. The lowest BCUT2D eigenvalue weighted by Crippen LogP contribution is -2.05. The lowest BCUT2D eigenvalue weighted by Gasteiger charge is -2.07. The Bertz CT molecular complexity index is 598. The molecular weight excluding hydrogens is 235 g/mol. The van der Waals surface area contributed by atoms with E-state index in [2.05, 4.69) is 4.98 Å². The molecule has 1 N–H and O–H groups in total. The predicted octanol–water partition coefficient (Wildman–Crippen LogP) is 2.57. The Morgan fingerprint density at radius 1 is 1.29 bits per heavy atom. The second-order valence-corrected chi connectivity index (χ2v) is 3.41. The minimum atomic E-state index is -4.51. The number of aldehydes is 1. The van der Waals surface area contributed by atoms with E-state index in [9.17, 15) is 22.8 Å². The summed E-state index contributed by atoms with van der Waals surface area (Å²) in [6.45, 7) is 0.